The number of aromatic amines is 1. The Bertz CT molecular complexity index is 824. The first-order valence-corrected chi connectivity index (χ1v) is 9.03. The smallest absolute Gasteiger partial charge is 0.128 e. The van der Waals surface area contributed by atoms with Crippen LogP contribution >= 0.6 is 0 Å². The molecule has 4 N–H and O–H groups in total. The maximum atomic E-state index is 10.1. The molecule has 0 aliphatic heterocycles. The molecule has 0 amide bonds. The molecule has 0 spiro atoms. The number of hydrogen-bond acceptors (Lipinski definition) is 4. The average Bonchev–Trinajstić information content (AvgIpc) is 3.11. The predicted molar refractivity (Wildman–Crippen MR) is 107 cm³/mol. The van der Waals surface area contributed by atoms with Crippen molar-refractivity contribution in [1.82, 2.24) is 10.3 Å². The summed E-state index contributed by atoms with van der Waals surface area (Å²) in [6.07, 6.45) is 1.34. The number of aliphatic hydroxyl groups excluding tert-OH is 1. The van der Waals surface area contributed by atoms with Crippen LogP contribution in [0.1, 0.15) is 11.1 Å². The number of aliphatic hydroxyl groups is 1. The monoisotopic (exact) mass is 353 g/mol. The van der Waals surface area contributed by atoms with Gasteiger partial charge >= 0.3 is 0 Å². The molecule has 5 heteroatoms. The molecule has 0 saturated carbocycles. The number of H-pyrrole nitrogens is 1. The second kappa shape index (κ2) is 8.74. The van der Waals surface area contributed by atoms with Crippen LogP contribution in [0.2, 0.25) is 0 Å². The van der Waals surface area contributed by atoms with Crippen molar-refractivity contribution in [1.29, 1.82) is 0 Å². The molecular formula is C21H27N3O2. The van der Waals surface area contributed by atoms with E-state index in [0.29, 0.717) is 6.54 Å². The molecule has 3 aromatic rings. The van der Waals surface area contributed by atoms with Crippen LogP contribution in [0.25, 0.3) is 10.9 Å². The number of para-hydroxylation sites is 1. The number of anilines is 1. The Labute approximate surface area is 154 Å². The molecule has 1 atom stereocenters. The molecule has 1 aromatic heterocycles. The molecule has 2 aromatic carbocycles. The van der Waals surface area contributed by atoms with Gasteiger partial charge in [-0.1, -0.05) is 24.3 Å². The standard InChI is InChI=1S/C21H27N3O2/c1-15-5-3-6-16(2)21(15)24-12-11-22-13-17(25)14-26-20-8-4-7-19-18(20)9-10-23-19/h3-10,17,22-25H,11-14H2,1-2H3. The van der Waals surface area contributed by atoms with Gasteiger partial charge in [-0.2, -0.15) is 0 Å². The zero-order valence-electron chi connectivity index (χ0n) is 15.4. The zero-order chi connectivity index (χ0) is 18.4. The minimum absolute atomic E-state index is 0.265. The van der Waals surface area contributed by atoms with Crippen LogP contribution < -0.4 is 15.4 Å². The fraction of sp³-hybridized carbons (Fsp3) is 0.333. The number of hydrogen-bond donors (Lipinski definition) is 4. The van der Waals surface area contributed by atoms with Crippen molar-refractivity contribution >= 4 is 16.6 Å². The maximum absolute atomic E-state index is 10.1. The minimum atomic E-state index is -0.551. The number of rotatable bonds is 9. The highest BCUT2D eigenvalue weighted by Gasteiger charge is 2.08. The van der Waals surface area contributed by atoms with Gasteiger partial charge in [0, 0.05) is 42.4 Å². The van der Waals surface area contributed by atoms with E-state index in [0.717, 1.165) is 29.7 Å². The van der Waals surface area contributed by atoms with Crippen molar-refractivity contribution in [3.63, 3.8) is 0 Å². The Morgan fingerprint density at radius 2 is 1.81 bits per heavy atom. The van der Waals surface area contributed by atoms with Gasteiger partial charge in [0.15, 0.2) is 0 Å². The quantitative estimate of drug-likeness (QED) is 0.446. The van der Waals surface area contributed by atoms with E-state index in [1.54, 1.807) is 0 Å². The third-order valence-electron chi connectivity index (χ3n) is 4.45. The molecule has 1 unspecified atom stereocenters. The van der Waals surface area contributed by atoms with Crippen LogP contribution in [-0.4, -0.2) is 42.4 Å². The van der Waals surface area contributed by atoms with E-state index in [1.807, 2.05) is 30.5 Å². The van der Waals surface area contributed by atoms with Crippen LogP contribution in [0.5, 0.6) is 5.75 Å². The topological polar surface area (TPSA) is 69.3 Å². The van der Waals surface area contributed by atoms with Crippen molar-refractivity contribution < 1.29 is 9.84 Å². The molecule has 5 nitrogen and oxygen atoms in total. The molecule has 3 rings (SSSR count). The summed E-state index contributed by atoms with van der Waals surface area (Å²) in [5.74, 6) is 0.791. The molecule has 0 radical (unpaired) electrons. The lowest BCUT2D eigenvalue weighted by Crippen LogP contribution is -2.34. The fourth-order valence-corrected chi connectivity index (χ4v) is 3.07. The number of nitrogens with one attached hydrogen (secondary N) is 3. The van der Waals surface area contributed by atoms with Gasteiger partial charge in [0.2, 0.25) is 0 Å². The van der Waals surface area contributed by atoms with E-state index in [-0.39, 0.29) is 6.61 Å². The highest BCUT2D eigenvalue weighted by atomic mass is 16.5. The van der Waals surface area contributed by atoms with Crippen molar-refractivity contribution in [2.75, 3.05) is 31.6 Å². The van der Waals surface area contributed by atoms with Crippen molar-refractivity contribution in [2.24, 2.45) is 0 Å². The molecule has 26 heavy (non-hydrogen) atoms. The van der Waals surface area contributed by atoms with Crippen LogP contribution in [0, 0.1) is 13.8 Å². The Kier molecular flexibility index (Phi) is 6.15. The van der Waals surface area contributed by atoms with Gasteiger partial charge in [0.1, 0.15) is 18.5 Å². The Morgan fingerprint density at radius 1 is 1.04 bits per heavy atom. The third-order valence-corrected chi connectivity index (χ3v) is 4.45. The van der Waals surface area contributed by atoms with Crippen molar-refractivity contribution in [3.05, 3.63) is 59.8 Å². The van der Waals surface area contributed by atoms with Gasteiger partial charge in [0.25, 0.3) is 0 Å². The lowest BCUT2D eigenvalue weighted by atomic mass is 10.1. The number of aryl methyl sites for hydroxylation is 2. The lowest BCUT2D eigenvalue weighted by molar-refractivity contribution is 0.107. The predicted octanol–water partition coefficient (Wildman–Crippen LogP) is 3.23. The molecular weight excluding hydrogens is 326 g/mol. The zero-order valence-corrected chi connectivity index (χ0v) is 15.4. The van der Waals surface area contributed by atoms with E-state index < -0.39 is 6.10 Å². The van der Waals surface area contributed by atoms with Crippen molar-refractivity contribution in [3.8, 4) is 5.75 Å². The summed E-state index contributed by atoms with van der Waals surface area (Å²) >= 11 is 0. The largest absolute Gasteiger partial charge is 0.490 e. The summed E-state index contributed by atoms with van der Waals surface area (Å²) in [6, 6.07) is 14.1. The lowest BCUT2D eigenvalue weighted by Gasteiger charge is -2.15. The molecule has 1 heterocycles. The van der Waals surface area contributed by atoms with Crippen LogP contribution in [-0.2, 0) is 0 Å². The van der Waals surface area contributed by atoms with E-state index in [1.165, 1.54) is 16.8 Å². The second-order valence-corrected chi connectivity index (χ2v) is 6.56. The van der Waals surface area contributed by atoms with Gasteiger partial charge in [-0.15, -0.1) is 0 Å². The Balaban J connectivity index is 1.37. The highest BCUT2D eigenvalue weighted by Crippen LogP contribution is 2.24. The van der Waals surface area contributed by atoms with E-state index in [4.69, 9.17) is 4.74 Å². The molecule has 0 bridgehead atoms. The van der Waals surface area contributed by atoms with Gasteiger partial charge in [-0.25, -0.2) is 0 Å². The van der Waals surface area contributed by atoms with Gasteiger partial charge in [-0.3, -0.25) is 0 Å². The summed E-state index contributed by atoms with van der Waals surface area (Å²) < 4.78 is 5.77. The summed E-state index contributed by atoms with van der Waals surface area (Å²) in [6.45, 7) is 6.56. The molecule has 0 saturated heterocycles. The maximum Gasteiger partial charge on any atom is 0.128 e. The highest BCUT2D eigenvalue weighted by molar-refractivity contribution is 5.85. The fourth-order valence-electron chi connectivity index (χ4n) is 3.07. The average molecular weight is 353 g/mol. The summed E-state index contributed by atoms with van der Waals surface area (Å²) in [4.78, 5) is 3.16. The third kappa shape index (κ3) is 4.56. The molecule has 138 valence electrons. The van der Waals surface area contributed by atoms with E-state index in [2.05, 4.69) is 47.7 Å². The van der Waals surface area contributed by atoms with E-state index in [9.17, 15) is 5.11 Å². The van der Waals surface area contributed by atoms with Crippen molar-refractivity contribution in [2.45, 2.75) is 20.0 Å². The number of fused-ring (bicyclic) bond motifs is 1. The Hall–Kier alpha value is -2.50. The van der Waals surface area contributed by atoms with Gasteiger partial charge in [-0.05, 0) is 43.2 Å². The minimum Gasteiger partial charge on any atom is -0.490 e. The second-order valence-electron chi connectivity index (χ2n) is 6.56. The van der Waals surface area contributed by atoms with Crippen LogP contribution in [0.3, 0.4) is 0 Å². The summed E-state index contributed by atoms with van der Waals surface area (Å²) in [5.41, 5.74) is 4.72. The number of benzene rings is 2. The van der Waals surface area contributed by atoms with Crippen LogP contribution in [0.15, 0.2) is 48.7 Å². The summed E-state index contributed by atoms with van der Waals surface area (Å²) in [7, 11) is 0. The normalized spacial score (nSPS) is 12.3. The number of ether oxygens (including phenoxy) is 1. The van der Waals surface area contributed by atoms with Gasteiger partial charge in [0.05, 0.1) is 0 Å². The van der Waals surface area contributed by atoms with E-state index >= 15 is 0 Å². The first kappa shape index (κ1) is 18.3. The number of aromatic nitrogens is 1. The van der Waals surface area contributed by atoms with Gasteiger partial charge < -0.3 is 25.5 Å². The Morgan fingerprint density at radius 3 is 2.62 bits per heavy atom. The van der Waals surface area contributed by atoms with Crippen LogP contribution in [0.4, 0.5) is 5.69 Å². The molecule has 0 aliphatic carbocycles. The first-order valence-electron chi connectivity index (χ1n) is 9.03. The first-order chi connectivity index (χ1) is 12.6. The molecule has 0 aliphatic rings. The summed E-state index contributed by atoms with van der Waals surface area (Å²) in [5, 5.41) is 17.9. The SMILES string of the molecule is Cc1cccc(C)c1NCCNCC(O)COc1cccc2[nH]ccc12. The molecule has 0 fully saturated rings.